The third-order valence-electron chi connectivity index (χ3n) is 5.88. The number of benzene rings is 2. The molecule has 0 radical (unpaired) electrons. The number of amides is 2. The molecule has 1 heterocycles. The molecule has 1 saturated heterocycles. The minimum atomic E-state index is -0.558. The molecule has 1 atom stereocenters. The second kappa shape index (κ2) is 11.1. The topological polar surface area (TPSA) is 61.4 Å². The Bertz CT molecular complexity index is 888. The first kappa shape index (κ1) is 23.0. The maximum absolute atomic E-state index is 13.0. The molecule has 0 spiro atoms. The van der Waals surface area contributed by atoms with Crippen molar-refractivity contribution < 1.29 is 9.59 Å². The van der Waals surface area contributed by atoms with Gasteiger partial charge < -0.3 is 10.6 Å². The van der Waals surface area contributed by atoms with E-state index < -0.39 is 6.04 Å². The fourth-order valence-electron chi connectivity index (χ4n) is 4.14. The molecule has 5 nitrogen and oxygen atoms in total. The number of likely N-dealkylation sites (tertiary alicyclic amines) is 1. The number of rotatable bonds is 9. The average Bonchev–Trinajstić information content (AvgIpc) is 3.25. The maximum atomic E-state index is 13.0. The Hall–Kier alpha value is -2.66. The minimum absolute atomic E-state index is 0.133. The van der Waals surface area contributed by atoms with Gasteiger partial charge in [-0.2, -0.15) is 0 Å². The quantitative estimate of drug-likeness (QED) is 0.642. The summed E-state index contributed by atoms with van der Waals surface area (Å²) in [6, 6.07) is 15.2. The number of hydrogen-bond donors (Lipinski definition) is 2. The summed E-state index contributed by atoms with van der Waals surface area (Å²) in [4.78, 5) is 28.3. The predicted octanol–water partition coefficient (Wildman–Crippen LogP) is 4.05. The zero-order valence-electron chi connectivity index (χ0n) is 19.0. The van der Waals surface area contributed by atoms with Gasteiger partial charge in [-0.3, -0.25) is 14.5 Å². The molecule has 0 aromatic heterocycles. The van der Waals surface area contributed by atoms with E-state index in [-0.39, 0.29) is 17.7 Å². The van der Waals surface area contributed by atoms with Crippen molar-refractivity contribution >= 4 is 11.8 Å². The molecule has 0 bridgehead atoms. The van der Waals surface area contributed by atoms with Gasteiger partial charge in [0.1, 0.15) is 6.04 Å². The van der Waals surface area contributed by atoms with E-state index in [1.54, 1.807) is 6.07 Å². The molecule has 1 aliphatic heterocycles. The maximum Gasteiger partial charge on any atom is 0.252 e. The highest BCUT2D eigenvalue weighted by Crippen LogP contribution is 2.16. The standard InChI is InChI=1S/C26H35N3O2/c1-19(2)16-24(28-25(30)23-13-7-4-10-20(23)3)26(31)27-17-21-11-5-6-12-22(21)18-29-14-8-9-15-29/h4-7,10-13,19,24H,8-9,14-18H2,1-3H3,(H,27,31)(H,28,30). The Morgan fingerprint density at radius 1 is 0.968 bits per heavy atom. The van der Waals surface area contributed by atoms with Gasteiger partial charge in [0.25, 0.3) is 5.91 Å². The van der Waals surface area contributed by atoms with Crippen LogP contribution in [0.25, 0.3) is 0 Å². The Kier molecular flexibility index (Phi) is 8.24. The van der Waals surface area contributed by atoms with E-state index in [1.807, 2.05) is 31.2 Å². The third-order valence-corrected chi connectivity index (χ3v) is 5.88. The van der Waals surface area contributed by atoms with Crippen molar-refractivity contribution in [1.82, 2.24) is 15.5 Å². The van der Waals surface area contributed by atoms with E-state index in [9.17, 15) is 9.59 Å². The van der Waals surface area contributed by atoms with Crippen LogP contribution in [0.2, 0.25) is 0 Å². The smallest absolute Gasteiger partial charge is 0.252 e. The van der Waals surface area contributed by atoms with Crippen molar-refractivity contribution in [2.45, 2.75) is 59.2 Å². The summed E-state index contributed by atoms with van der Waals surface area (Å²) in [5.74, 6) is -0.0460. The minimum Gasteiger partial charge on any atom is -0.350 e. The lowest BCUT2D eigenvalue weighted by Gasteiger charge is -2.22. The number of carbonyl (C=O) groups excluding carboxylic acids is 2. The number of aryl methyl sites for hydroxylation is 1. The van der Waals surface area contributed by atoms with Crippen LogP contribution in [-0.2, 0) is 17.9 Å². The fraction of sp³-hybridized carbons (Fsp3) is 0.462. The second-order valence-corrected chi connectivity index (χ2v) is 8.94. The molecule has 5 heteroatoms. The summed E-state index contributed by atoms with van der Waals surface area (Å²) in [7, 11) is 0. The van der Waals surface area contributed by atoms with E-state index in [0.717, 1.165) is 30.8 Å². The molecule has 3 rings (SSSR count). The van der Waals surface area contributed by atoms with Crippen molar-refractivity contribution in [3.8, 4) is 0 Å². The molecule has 2 aromatic carbocycles. The van der Waals surface area contributed by atoms with Gasteiger partial charge in [0, 0.05) is 18.7 Å². The van der Waals surface area contributed by atoms with Crippen LogP contribution in [0.3, 0.4) is 0 Å². The van der Waals surface area contributed by atoms with Crippen LogP contribution in [0, 0.1) is 12.8 Å². The van der Waals surface area contributed by atoms with Crippen LogP contribution < -0.4 is 10.6 Å². The van der Waals surface area contributed by atoms with Crippen molar-refractivity contribution in [2.24, 2.45) is 5.92 Å². The zero-order chi connectivity index (χ0) is 22.2. The van der Waals surface area contributed by atoms with Gasteiger partial charge in [-0.25, -0.2) is 0 Å². The lowest BCUT2D eigenvalue weighted by molar-refractivity contribution is -0.123. The lowest BCUT2D eigenvalue weighted by atomic mass is 10.0. The summed E-state index contributed by atoms with van der Waals surface area (Å²) in [5, 5.41) is 6.02. The molecular formula is C26H35N3O2. The number of nitrogens with one attached hydrogen (secondary N) is 2. The van der Waals surface area contributed by atoms with Crippen LogP contribution in [0.15, 0.2) is 48.5 Å². The first-order chi connectivity index (χ1) is 14.9. The van der Waals surface area contributed by atoms with E-state index in [2.05, 4.69) is 47.6 Å². The van der Waals surface area contributed by atoms with Gasteiger partial charge in [0.2, 0.25) is 5.91 Å². The number of carbonyl (C=O) groups is 2. The summed E-state index contributed by atoms with van der Waals surface area (Å²) in [5.41, 5.74) is 3.91. The number of hydrogen-bond acceptors (Lipinski definition) is 3. The highest BCUT2D eigenvalue weighted by atomic mass is 16.2. The Balaban J connectivity index is 1.64. The highest BCUT2D eigenvalue weighted by molar-refractivity contribution is 5.98. The molecular weight excluding hydrogens is 386 g/mol. The summed E-state index contributed by atoms with van der Waals surface area (Å²) >= 11 is 0. The molecule has 2 aromatic rings. The molecule has 166 valence electrons. The zero-order valence-corrected chi connectivity index (χ0v) is 19.0. The van der Waals surface area contributed by atoms with Gasteiger partial charge in [-0.1, -0.05) is 56.3 Å². The van der Waals surface area contributed by atoms with Crippen molar-refractivity contribution in [1.29, 1.82) is 0 Å². The fourth-order valence-corrected chi connectivity index (χ4v) is 4.14. The van der Waals surface area contributed by atoms with Crippen LogP contribution in [0.5, 0.6) is 0 Å². The monoisotopic (exact) mass is 421 g/mol. The highest BCUT2D eigenvalue weighted by Gasteiger charge is 2.23. The lowest BCUT2D eigenvalue weighted by Crippen LogP contribution is -2.47. The van der Waals surface area contributed by atoms with Crippen LogP contribution in [0.1, 0.15) is 60.2 Å². The molecule has 2 amide bonds. The Morgan fingerprint density at radius 2 is 1.61 bits per heavy atom. The van der Waals surface area contributed by atoms with E-state index in [0.29, 0.717) is 18.5 Å². The van der Waals surface area contributed by atoms with Crippen molar-refractivity contribution in [3.05, 3.63) is 70.8 Å². The Morgan fingerprint density at radius 3 is 2.29 bits per heavy atom. The van der Waals surface area contributed by atoms with Gasteiger partial charge in [-0.05, 0) is 68.0 Å². The van der Waals surface area contributed by atoms with E-state index in [1.165, 1.54) is 18.4 Å². The Labute approximate surface area is 186 Å². The van der Waals surface area contributed by atoms with Crippen LogP contribution >= 0.6 is 0 Å². The first-order valence-corrected chi connectivity index (χ1v) is 11.4. The summed E-state index contributed by atoms with van der Waals surface area (Å²) in [6.07, 6.45) is 3.12. The van der Waals surface area contributed by atoms with E-state index in [4.69, 9.17) is 0 Å². The third kappa shape index (κ3) is 6.66. The van der Waals surface area contributed by atoms with Gasteiger partial charge in [0.15, 0.2) is 0 Å². The molecule has 0 saturated carbocycles. The van der Waals surface area contributed by atoms with E-state index >= 15 is 0 Å². The van der Waals surface area contributed by atoms with Crippen LogP contribution in [0.4, 0.5) is 0 Å². The normalized spacial score (nSPS) is 15.1. The SMILES string of the molecule is Cc1ccccc1C(=O)NC(CC(C)C)C(=O)NCc1ccccc1CN1CCCC1. The molecule has 2 N–H and O–H groups in total. The molecule has 0 aliphatic carbocycles. The number of nitrogens with zero attached hydrogens (tertiary/aromatic N) is 1. The largest absolute Gasteiger partial charge is 0.350 e. The first-order valence-electron chi connectivity index (χ1n) is 11.4. The van der Waals surface area contributed by atoms with Gasteiger partial charge in [-0.15, -0.1) is 0 Å². The average molecular weight is 422 g/mol. The molecule has 1 aliphatic rings. The summed E-state index contributed by atoms with van der Waals surface area (Å²) in [6.45, 7) is 9.70. The van der Waals surface area contributed by atoms with Gasteiger partial charge >= 0.3 is 0 Å². The van der Waals surface area contributed by atoms with Gasteiger partial charge in [0.05, 0.1) is 0 Å². The predicted molar refractivity (Wildman–Crippen MR) is 125 cm³/mol. The summed E-state index contributed by atoms with van der Waals surface area (Å²) < 4.78 is 0. The molecule has 1 fully saturated rings. The molecule has 1 unspecified atom stereocenters. The van der Waals surface area contributed by atoms with Crippen molar-refractivity contribution in [2.75, 3.05) is 13.1 Å². The molecule has 31 heavy (non-hydrogen) atoms. The van der Waals surface area contributed by atoms with Crippen molar-refractivity contribution in [3.63, 3.8) is 0 Å². The van der Waals surface area contributed by atoms with Crippen LogP contribution in [-0.4, -0.2) is 35.8 Å². The second-order valence-electron chi connectivity index (χ2n) is 8.94.